The van der Waals surface area contributed by atoms with Gasteiger partial charge in [0.05, 0.1) is 18.4 Å². The molecule has 0 bridgehead atoms. The molecular formula is C26H24N2O3. The molecule has 0 atom stereocenters. The molecule has 31 heavy (non-hydrogen) atoms. The molecule has 0 saturated heterocycles. The Morgan fingerprint density at radius 2 is 1.48 bits per heavy atom. The van der Waals surface area contributed by atoms with Gasteiger partial charge in [0.2, 0.25) is 0 Å². The summed E-state index contributed by atoms with van der Waals surface area (Å²) in [5.41, 5.74) is 4.81. The van der Waals surface area contributed by atoms with E-state index in [1.807, 2.05) is 55.5 Å². The van der Waals surface area contributed by atoms with Gasteiger partial charge in [-0.3, -0.25) is 9.59 Å². The highest BCUT2D eigenvalue weighted by atomic mass is 16.5. The number of carbonyl (C=O) groups excluding carboxylic acids is 2. The highest BCUT2D eigenvalue weighted by molar-refractivity contribution is 6.46. The van der Waals surface area contributed by atoms with E-state index in [1.54, 1.807) is 31.4 Å². The molecule has 156 valence electrons. The molecule has 1 aliphatic rings. The fourth-order valence-electron chi connectivity index (χ4n) is 3.57. The summed E-state index contributed by atoms with van der Waals surface area (Å²) in [6.07, 6.45) is 0.887. The van der Waals surface area contributed by atoms with E-state index in [2.05, 4.69) is 12.2 Å². The molecule has 0 aromatic heterocycles. The van der Waals surface area contributed by atoms with E-state index in [0.717, 1.165) is 23.2 Å². The molecule has 4 rings (SSSR count). The highest BCUT2D eigenvalue weighted by Crippen LogP contribution is 2.34. The number of hydrogen-bond acceptors (Lipinski definition) is 4. The minimum atomic E-state index is -0.374. The van der Waals surface area contributed by atoms with Gasteiger partial charge < -0.3 is 10.1 Å². The summed E-state index contributed by atoms with van der Waals surface area (Å²) in [4.78, 5) is 28.1. The predicted octanol–water partition coefficient (Wildman–Crippen LogP) is 4.96. The van der Waals surface area contributed by atoms with Crippen LogP contribution in [0.3, 0.4) is 0 Å². The van der Waals surface area contributed by atoms with Crippen LogP contribution in [0.25, 0.3) is 5.57 Å². The molecule has 0 unspecified atom stereocenters. The zero-order chi connectivity index (χ0) is 22.0. The Labute approximate surface area is 182 Å². The minimum absolute atomic E-state index is 0.263. The van der Waals surface area contributed by atoms with Crippen LogP contribution >= 0.6 is 0 Å². The van der Waals surface area contributed by atoms with E-state index in [0.29, 0.717) is 22.6 Å². The molecule has 0 saturated carbocycles. The van der Waals surface area contributed by atoms with Crippen LogP contribution in [0, 0.1) is 6.92 Å². The van der Waals surface area contributed by atoms with Crippen LogP contribution in [0.5, 0.6) is 5.75 Å². The van der Waals surface area contributed by atoms with Gasteiger partial charge in [-0.1, -0.05) is 48.9 Å². The quantitative estimate of drug-likeness (QED) is 0.581. The molecule has 0 radical (unpaired) electrons. The minimum Gasteiger partial charge on any atom is -0.497 e. The molecule has 1 aliphatic heterocycles. The molecule has 0 aliphatic carbocycles. The van der Waals surface area contributed by atoms with Crippen molar-refractivity contribution >= 4 is 28.8 Å². The zero-order valence-electron chi connectivity index (χ0n) is 17.8. The first kappa shape index (κ1) is 20.4. The Hall–Kier alpha value is -3.86. The number of benzene rings is 3. The number of imide groups is 1. The van der Waals surface area contributed by atoms with Crippen molar-refractivity contribution in [1.29, 1.82) is 0 Å². The van der Waals surface area contributed by atoms with Crippen molar-refractivity contribution in [2.75, 3.05) is 17.3 Å². The molecule has 3 aromatic carbocycles. The molecule has 5 nitrogen and oxygen atoms in total. The Balaban J connectivity index is 1.78. The maximum atomic E-state index is 13.5. The average molecular weight is 412 g/mol. The van der Waals surface area contributed by atoms with E-state index < -0.39 is 0 Å². The molecule has 5 heteroatoms. The van der Waals surface area contributed by atoms with Gasteiger partial charge in [0.25, 0.3) is 11.8 Å². The third-order valence-corrected chi connectivity index (χ3v) is 5.39. The van der Waals surface area contributed by atoms with Crippen molar-refractivity contribution in [3.63, 3.8) is 0 Å². The summed E-state index contributed by atoms with van der Waals surface area (Å²) < 4.78 is 5.23. The summed E-state index contributed by atoms with van der Waals surface area (Å²) >= 11 is 0. The number of nitrogens with one attached hydrogen (secondary N) is 1. The normalized spacial score (nSPS) is 13.7. The summed E-state index contributed by atoms with van der Waals surface area (Å²) in [6, 6.07) is 22.4. The van der Waals surface area contributed by atoms with Crippen LogP contribution in [-0.2, 0) is 16.0 Å². The van der Waals surface area contributed by atoms with Crippen molar-refractivity contribution in [3.05, 3.63) is 95.2 Å². The van der Waals surface area contributed by atoms with Crippen LogP contribution in [0.4, 0.5) is 11.4 Å². The second-order valence-electron chi connectivity index (χ2n) is 7.44. The SMILES string of the molecule is CCc1ccc(N2C(=O)C(Nc3ccc(C)cc3)=C(c3ccc(OC)cc3)C2=O)cc1. The van der Waals surface area contributed by atoms with Gasteiger partial charge in [0.1, 0.15) is 11.4 Å². The third kappa shape index (κ3) is 3.94. The topological polar surface area (TPSA) is 58.6 Å². The molecule has 0 fully saturated rings. The van der Waals surface area contributed by atoms with Gasteiger partial charge in [-0.25, -0.2) is 4.90 Å². The first-order chi connectivity index (χ1) is 15.0. The van der Waals surface area contributed by atoms with E-state index in [1.165, 1.54) is 4.90 Å². The number of carbonyl (C=O) groups is 2. The van der Waals surface area contributed by atoms with Crippen LogP contribution in [0.1, 0.15) is 23.6 Å². The smallest absolute Gasteiger partial charge is 0.282 e. The Bertz CT molecular complexity index is 1140. The van der Waals surface area contributed by atoms with Gasteiger partial charge in [-0.05, 0) is 60.9 Å². The van der Waals surface area contributed by atoms with Gasteiger partial charge in [0.15, 0.2) is 0 Å². The number of amides is 2. The molecule has 1 N–H and O–H groups in total. The van der Waals surface area contributed by atoms with E-state index in [9.17, 15) is 9.59 Å². The second kappa shape index (κ2) is 8.48. The van der Waals surface area contributed by atoms with Crippen LogP contribution < -0.4 is 15.0 Å². The van der Waals surface area contributed by atoms with Crippen LogP contribution in [0.2, 0.25) is 0 Å². The highest BCUT2D eigenvalue weighted by Gasteiger charge is 2.40. The molecule has 2 amide bonds. The lowest BCUT2D eigenvalue weighted by molar-refractivity contribution is -0.120. The zero-order valence-corrected chi connectivity index (χ0v) is 17.8. The average Bonchev–Trinajstić information content (AvgIpc) is 3.04. The van der Waals surface area contributed by atoms with Crippen molar-refractivity contribution < 1.29 is 14.3 Å². The molecule has 1 heterocycles. The molecule has 0 spiro atoms. The van der Waals surface area contributed by atoms with Crippen LogP contribution in [-0.4, -0.2) is 18.9 Å². The fraction of sp³-hybridized carbons (Fsp3) is 0.154. The Morgan fingerprint density at radius 1 is 0.839 bits per heavy atom. The van der Waals surface area contributed by atoms with Crippen molar-refractivity contribution in [2.24, 2.45) is 0 Å². The van der Waals surface area contributed by atoms with Gasteiger partial charge in [-0.15, -0.1) is 0 Å². The molecular weight excluding hydrogens is 388 g/mol. The Morgan fingerprint density at radius 3 is 2.06 bits per heavy atom. The van der Waals surface area contributed by atoms with Crippen molar-refractivity contribution in [3.8, 4) is 5.75 Å². The molecule has 3 aromatic rings. The predicted molar refractivity (Wildman–Crippen MR) is 123 cm³/mol. The largest absolute Gasteiger partial charge is 0.497 e. The van der Waals surface area contributed by atoms with Crippen LogP contribution in [0.15, 0.2) is 78.5 Å². The number of anilines is 2. The lowest BCUT2D eigenvalue weighted by Crippen LogP contribution is -2.32. The fourth-order valence-corrected chi connectivity index (χ4v) is 3.57. The first-order valence-corrected chi connectivity index (χ1v) is 10.2. The van der Waals surface area contributed by atoms with E-state index in [4.69, 9.17) is 4.74 Å². The first-order valence-electron chi connectivity index (χ1n) is 10.2. The van der Waals surface area contributed by atoms with Crippen molar-refractivity contribution in [2.45, 2.75) is 20.3 Å². The third-order valence-electron chi connectivity index (χ3n) is 5.39. The summed E-state index contributed by atoms with van der Waals surface area (Å²) in [6.45, 7) is 4.06. The summed E-state index contributed by atoms with van der Waals surface area (Å²) in [5.74, 6) is -0.0455. The lowest BCUT2D eigenvalue weighted by atomic mass is 10.0. The van der Waals surface area contributed by atoms with Gasteiger partial charge in [-0.2, -0.15) is 0 Å². The number of rotatable bonds is 6. The summed E-state index contributed by atoms with van der Waals surface area (Å²) in [5, 5.41) is 3.18. The van der Waals surface area contributed by atoms with E-state index >= 15 is 0 Å². The van der Waals surface area contributed by atoms with Crippen molar-refractivity contribution in [1.82, 2.24) is 0 Å². The number of hydrogen-bond donors (Lipinski definition) is 1. The number of methoxy groups -OCH3 is 1. The maximum absolute atomic E-state index is 13.5. The monoisotopic (exact) mass is 412 g/mol. The second-order valence-corrected chi connectivity index (χ2v) is 7.44. The number of aryl methyl sites for hydroxylation is 2. The van der Waals surface area contributed by atoms with Gasteiger partial charge >= 0.3 is 0 Å². The van der Waals surface area contributed by atoms with Gasteiger partial charge in [0, 0.05) is 5.69 Å². The standard InChI is InChI=1S/C26H24N2O3/c1-4-18-7-13-21(14-8-18)28-25(29)23(19-9-15-22(31-3)16-10-19)24(26(28)30)27-20-11-5-17(2)6-12-20/h5-16,27H,4H2,1-3H3. The number of ether oxygens (including phenoxy) is 1. The lowest BCUT2D eigenvalue weighted by Gasteiger charge is -2.16. The Kier molecular flexibility index (Phi) is 5.58. The summed E-state index contributed by atoms with van der Waals surface area (Å²) in [7, 11) is 1.59. The number of nitrogens with zero attached hydrogens (tertiary/aromatic N) is 1. The van der Waals surface area contributed by atoms with E-state index in [-0.39, 0.29) is 17.5 Å². The maximum Gasteiger partial charge on any atom is 0.282 e.